The van der Waals surface area contributed by atoms with Gasteiger partial charge >= 0.3 is 6.09 Å². The normalized spacial score (nSPS) is 11.2. The quantitative estimate of drug-likeness (QED) is 0.720. The Morgan fingerprint density at radius 1 is 1.17 bits per heavy atom. The van der Waals surface area contributed by atoms with Crippen molar-refractivity contribution in [2.45, 2.75) is 33.3 Å². The minimum atomic E-state index is -0.531. The molecule has 122 valence electrons. The smallest absolute Gasteiger partial charge is 0.414 e. The Labute approximate surface area is 142 Å². The zero-order valence-electron chi connectivity index (χ0n) is 14.1. The third kappa shape index (κ3) is 4.70. The lowest BCUT2D eigenvalue weighted by Gasteiger charge is -2.25. The van der Waals surface area contributed by atoms with Crippen LogP contribution in [-0.4, -0.2) is 23.7 Å². The summed E-state index contributed by atoms with van der Waals surface area (Å²) in [6.07, 6.45) is 1.28. The maximum absolute atomic E-state index is 12.2. The number of hydrogen-bond acceptors (Lipinski definition) is 3. The van der Waals surface area contributed by atoms with Gasteiger partial charge in [-0.05, 0) is 68.7 Å². The zero-order chi connectivity index (χ0) is 17.2. The average molecular weight is 333 g/mol. The molecular formula is C18H21ClN2O2. The van der Waals surface area contributed by atoms with Crippen LogP contribution in [0.15, 0.2) is 36.5 Å². The highest BCUT2D eigenvalue weighted by Crippen LogP contribution is 2.28. The largest absolute Gasteiger partial charge is 0.443 e. The number of aryl methyl sites for hydroxylation is 1. The molecular weight excluding hydrogens is 312 g/mol. The number of pyridine rings is 1. The van der Waals surface area contributed by atoms with Crippen LogP contribution < -0.4 is 4.90 Å². The molecule has 0 atom stereocenters. The highest BCUT2D eigenvalue weighted by Gasteiger charge is 2.21. The topological polar surface area (TPSA) is 42.4 Å². The Bertz CT molecular complexity index is 723. The van der Waals surface area contributed by atoms with E-state index in [1.54, 1.807) is 19.3 Å². The molecule has 0 unspecified atom stereocenters. The van der Waals surface area contributed by atoms with Crippen LogP contribution >= 0.6 is 11.6 Å². The molecule has 1 aromatic heterocycles. The first-order valence-electron chi connectivity index (χ1n) is 7.36. The summed E-state index contributed by atoms with van der Waals surface area (Å²) in [7, 11) is 1.70. The third-order valence-electron chi connectivity index (χ3n) is 3.18. The molecule has 0 N–H and O–H groups in total. The van der Waals surface area contributed by atoms with Gasteiger partial charge in [0.15, 0.2) is 0 Å². The van der Waals surface area contributed by atoms with Crippen molar-refractivity contribution in [2.24, 2.45) is 0 Å². The number of carbonyl (C=O) groups is 1. The van der Waals surface area contributed by atoms with Crippen LogP contribution in [0.4, 0.5) is 10.5 Å². The molecule has 0 saturated carbocycles. The number of amides is 1. The van der Waals surface area contributed by atoms with Crippen molar-refractivity contribution >= 4 is 23.4 Å². The molecule has 0 aliphatic heterocycles. The van der Waals surface area contributed by atoms with E-state index in [4.69, 9.17) is 16.3 Å². The van der Waals surface area contributed by atoms with E-state index in [1.807, 2.05) is 52.0 Å². The van der Waals surface area contributed by atoms with Crippen LogP contribution in [-0.2, 0) is 4.74 Å². The van der Waals surface area contributed by atoms with E-state index in [0.717, 1.165) is 22.4 Å². The van der Waals surface area contributed by atoms with Gasteiger partial charge in [-0.15, -0.1) is 0 Å². The predicted octanol–water partition coefficient (Wildman–Crippen LogP) is 5.08. The molecule has 2 aromatic rings. The standard InChI is InChI=1S/C18H21ClN2O2/c1-12-8-14(13-6-7-20-16(19)11-13)10-15(9-12)21(5)17(22)23-18(2,3)4/h6-11H,1-5H3. The van der Waals surface area contributed by atoms with Crippen LogP contribution in [0.3, 0.4) is 0 Å². The van der Waals surface area contributed by atoms with Gasteiger partial charge in [-0.2, -0.15) is 0 Å². The Morgan fingerprint density at radius 3 is 2.48 bits per heavy atom. The summed E-state index contributed by atoms with van der Waals surface area (Å²) in [4.78, 5) is 17.7. The fourth-order valence-corrected chi connectivity index (χ4v) is 2.31. The number of ether oxygens (including phenoxy) is 1. The second kappa shape index (κ2) is 6.59. The summed E-state index contributed by atoms with van der Waals surface area (Å²) in [6.45, 7) is 7.52. The first-order chi connectivity index (χ1) is 10.7. The first kappa shape index (κ1) is 17.3. The fraction of sp³-hybridized carbons (Fsp3) is 0.333. The lowest BCUT2D eigenvalue weighted by molar-refractivity contribution is 0.0589. The maximum atomic E-state index is 12.2. The van der Waals surface area contributed by atoms with E-state index in [1.165, 1.54) is 4.90 Å². The van der Waals surface area contributed by atoms with E-state index in [0.29, 0.717) is 5.15 Å². The van der Waals surface area contributed by atoms with Gasteiger partial charge in [0, 0.05) is 18.9 Å². The monoisotopic (exact) mass is 332 g/mol. The Kier molecular flexibility index (Phi) is 4.95. The summed E-state index contributed by atoms with van der Waals surface area (Å²) >= 11 is 5.96. The number of nitrogens with zero attached hydrogens (tertiary/aromatic N) is 2. The molecule has 0 saturated heterocycles. The number of benzene rings is 1. The van der Waals surface area contributed by atoms with Gasteiger partial charge in [0.2, 0.25) is 0 Å². The number of rotatable bonds is 2. The lowest BCUT2D eigenvalue weighted by atomic mass is 10.0. The van der Waals surface area contributed by atoms with Crippen LogP contribution in [0.2, 0.25) is 5.15 Å². The Morgan fingerprint density at radius 2 is 1.87 bits per heavy atom. The second-order valence-electron chi connectivity index (χ2n) is 6.46. The first-order valence-corrected chi connectivity index (χ1v) is 7.74. The summed E-state index contributed by atoms with van der Waals surface area (Å²) in [5.74, 6) is 0. The molecule has 1 amide bonds. The van der Waals surface area contributed by atoms with Gasteiger partial charge in [-0.3, -0.25) is 4.90 Å². The predicted molar refractivity (Wildman–Crippen MR) is 94.1 cm³/mol. The molecule has 5 heteroatoms. The number of aromatic nitrogens is 1. The van der Waals surface area contributed by atoms with Crippen LogP contribution in [0.5, 0.6) is 0 Å². The summed E-state index contributed by atoms with van der Waals surface area (Å²) in [5, 5.41) is 0.436. The van der Waals surface area contributed by atoms with Crippen molar-refractivity contribution < 1.29 is 9.53 Å². The van der Waals surface area contributed by atoms with E-state index >= 15 is 0 Å². The molecule has 0 aliphatic rings. The van der Waals surface area contributed by atoms with E-state index in [9.17, 15) is 4.79 Å². The van der Waals surface area contributed by atoms with Gasteiger partial charge in [0.1, 0.15) is 10.8 Å². The van der Waals surface area contributed by atoms with Crippen molar-refractivity contribution in [3.8, 4) is 11.1 Å². The SMILES string of the molecule is Cc1cc(-c2ccnc(Cl)c2)cc(N(C)C(=O)OC(C)(C)C)c1. The van der Waals surface area contributed by atoms with Gasteiger partial charge in [-0.1, -0.05) is 17.7 Å². The average Bonchev–Trinajstić information content (AvgIpc) is 2.44. The maximum Gasteiger partial charge on any atom is 0.414 e. The van der Waals surface area contributed by atoms with Gasteiger partial charge < -0.3 is 4.74 Å². The Balaban J connectivity index is 2.35. The van der Waals surface area contributed by atoms with E-state index in [-0.39, 0.29) is 6.09 Å². The molecule has 1 heterocycles. The highest BCUT2D eigenvalue weighted by molar-refractivity contribution is 6.29. The van der Waals surface area contributed by atoms with Crippen molar-refractivity contribution in [3.63, 3.8) is 0 Å². The number of carbonyl (C=O) groups excluding carboxylic acids is 1. The van der Waals surface area contributed by atoms with Crippen molar-refractivity contribution in [1.29, 1.82) is 0 Å². The number of halogens is 1. The van der Waals surface area contributed by atoms with E-state index in [2.05, 4.69) is 4.98 Å². The van der Waals surface area contributed by atoms with E-state index < -0.39 is 5.60 Å². The summed E-state index contributed by atoms with van der Waals surface area (Å²) in [5.41, 5.74) is 3.20. The third-order valence-corrected chi connectivity index (χ3v) is 3.38. The fourth-order valence-electron chi connectivity index (χ4n) is 2.14. The molecule has 0 radical (unpaired) electrons. The zero-order valence-corrected chi connectivity index (χ0v) is 14.8. The number of hydrogen-bond donors (Lipinski definition) is 0. The van der Waals surface area contributed by atoms with Crippen LogP contribution in [0.25, 0.3) is 11.1 Å². The molecule has 23 heavy (non-hydrogen) atoms. The molecule has 0 fully saturated rings. The summed E-state index contributed by atoms with van der Waals surface area (Å²) < 4.78 is 5.41. The molecule has 0 spiro atoms. The highest BCUT2D eigenvalue weighted by atomic mass is 35.5. The van der Waals surface area contributed by atoms with Crippen molar-refractivity contribution in [1.82, 2.24) is 4.98 Å². The Hall–Kier alpha value is -2.07. The summed E-state index contributed by atoms with van der Waals surface area (Å²) in [6, 6.07) is 9.60. The second-order valence-corrected chi connectivity index (χ2v) is 6.85. The van der Waals surface area contributed by atoms with Crippen molar-refractivity contribution in [3.05, 3.63) is 47.2 Å². The van der Waals surface area contributed by atoms with Gasteiger partial charge in [0.05, 0.1) is 0 Å². The lowest BCUT2D eigenvalue weighted by Crippen LogP contribution is -2.34. The minimum Gasteiger partial charge on any atom is -0.443 e. The molecule has 0 bridgehead atoms. The molecule has 4 nitrogen and oxygen atoms in total. The minimum absolute atomic E-state index is 0.387. The van der Waals surface area contributed by atoms with Crippen LogP contribution in [0, 0.1) is 6.92 Å². The molecule has 0 aliphatic carbocycles. The van der Waals surface area contributed by atoms with Crippen LogP contribution in [0.1, 0.15) is 26.3 Å². The molecule has 2 rings (SSSR count). The van der Waals surface area contributed by atoms with Gasteiger partial charge in [-0.25, -0.2) is 9.78 Å². The van der Waals surface area contributed by atoms with Gasteiger partial charge in [0.25, 0.3) is 0 Å². The van der Waals surface area contributed by atoms with Crippen molar-refractivity contribution in [2.75, 3.05) is 11.9 Å². The number of anilines is 1. The molecule has 1 aromatic carbocycles.